The number of benzene rings is 4. The number of halogens is 4. The summed E-state index contributed by atoms with van der Waals surface area (Å²) >= 11 is 12.5. The molecule has 4 aromatic carbocycles. The number of imide groups is 2. The molecule has 6 aromatic rings. The van der Waals surface area contributed by atoms with Crippen LogP contribution in [0.2, 0.25) is 10.0 Å². The maximum Gasteiger partial charge on any atom is 0.255 e. The van der Waals surface area contributed by atoms with E-state index >= 15 is 8.78 Å². The van der Waals surface area contributed by atoms with E-state index in [0.717, 1.165) is 115 Å². The van der Waals surface area contributed by atoms with E-state index in [1.807, 2.05) is 34.1 Å². The van der Waals surface area contributed by atoms with Crippen LogP contribution in [0.3, 0.4) is 0 Å². The Balaban J connectivity index is 0.000000214. The van der Waals surface area contributed by atoms with Crippen molar-refractivity contribution in [1.82, 2.24) is 50.8 Å². The van der Waals surface area contributed by atoms with Crippen LogP contribution < -0.4 is 40.5 Å². The number of pyridine rings is 2. The van der Waals surface area contributed by atoms with Crippen LogP contribution in [-0.4, -0.2) is 179 Å². The maximum absolute atomic E-state index is 15.3. The van der Waals surface area contributed by atoms with Gasteiger partial charge in [0.05, 0.1) is 45.7 Å². The molecule has 24 nitrogen and oxygen atoms in total. The van der Waals surface area contributed by atoms with E-state index in [0.29, 0.717) is 104 Å². The number of nitrogens with zero attached hydrogens (tertiary/aromatic N) is 10. The lowest BCUT2D eigenvalue weighted by Gasteiger charge is -2.63. The van der Waals surface area contributed by atoms with Gasteiger partial charge in [-0.3, -0.25) is 68.8 Å². The molecular weight excluding hydrogens is 1530 g/mol. The molecule has 2 aliphatic carbocycles. The van der Waals surface area contributed by atoms with Crippen molar-refractivity contribution < 1.29 is 56.6 Å². The summed E-state index contributed by atoms with van der Waals surface area (Å²) in [4.78, 5) is 129. The monoisotopic (exact) mass is 1640 g/mol. The highest BCUT2D eigenvalue weighted by Crippen LogP contribution is 2.57. The highest BCUT2D eigenvalue weighted by atomic mass is 35.5. The van der Waals surface area contributed by atoms with Gasteiger partial charge in [-0.2, -0.15) is 0 Å². The van der Waals surface area contributed by atoms with Crippen LogP contribution in [0.25, 0.3) is 9.69 Å². The van der Waals surface area contributed by atoms with Crippen LogP contribution in [0.4, 0.5) is 31.5 Å². The molecule has 8 aliphatic rings. The minimum atomic E-state index is -0.725. The average Bonchev–Trinajstić information content (AvgIpc) is 1.01. The molecule has 8 amide bonds. The summed E-state index contributed by atoms with van der Waals surface area (Å²) in [6, 6.07) is 22.1. The highest BCUT2D eigenvalue weighted by Gasteiger charge is 2.65. The van der Waals surface area contributed by atoms with E-state index in [-0.39, 0.29) is 139 Å². The third-order valence-electron chi connectivity index (χ3n) is 24.9. The fourth-order valence-electron chi connectivity index (χ4n) is 19.1. The third-order valence-corrected chi connectivity index (χ3v) is 25.5. The average molecular weight is 1640 g/mol. The van der Waals surface area contributed by atoms with Crippen LogP contribution in [-0.2, 0) is 45.1 Å². The first-order valence-corrected chi connectivity index (χ1v) is 41.2. The fraction of sp³-hybridized carbons (Fsp3) is 0.506. The molecule has 117 heavy (non-hydrogen) atoms. The number of piperidine rings is 2. The molecule has 14 rings (SSSR count). The Bertz CT molecular complexity index is 4530. The van der Waals surface area contributed by atoms with Crippen molar-refractivity contribution >= 4 is 93.2 Å². The van der Waals surface area contributed by atoms with Gasteiger partial charge in [-0.15, -0.1) is 0 Å². The lowest BCUT2D eigenvalue weighted by molar-refractivity contribution is -0.164. The molecule has 4 N–H and O–H groups in total. The number of hydrogen-bond acceptors (Lipinski definition) is 16. The Kier molecular flexibility index (Phi) is 26.5. The van der Waals surface area contributed by atoms with E-state index < -0.39 is 23.9 Å². The van der Waals surface area contributed by atoms with E-state index in [4.69, 9.17) is 45.8 Å². The molecule has 8 heterocycles. The molecule has 1 unspecified atom stereocenters. The number of nitrogens with one attached hydrogen (secondary N) is 4. The van der Waals surface area contributed by atoms with Crippen LogP contribution in [0.5, 0.6) is 11.5 Å². The Morgan fingerprint density at radius 2 is 0.880 bits per heavy atom. The maximum atomic E-state index is 15.3. The van der Waals surface area contributed by atoms with Gasteiger partial charge in [-0.1, -0.05) is 124 Å². The van der Waals surface area contributed by atoms with Crippen molar-refractivity contribution in [3.8, 4) is 11.5 Å². The number of anilines is 2. The second-order valence-electron chi connectivity index (χ2n) is 34.3. The molecule has 2 atom stereocenters. The van der Waals surface area contributed by atoms with Gasteiger partial charge in [0, 0.05) is 147 Å². The Morgan fingerprint density at radius 1 is 0.513 bits per heavy atom. The molecule has 28 heteroatoms. The van der Waals surface area contributed by atoms with Crippen LogP contribution in [0, 0.1) is 46.4 Å². The van der Waals surface area contributed by atoms with E-state index in [9.17, 15) is 38.4 Å². The van der Waals surface area contributed by atoms with E-state index in [1.165, 1.54) is 21.9 Å². The zero-order valence-corrected chi connectivity index (χ0v) is 68.7. The van der Waals surface area contributed by atoms with Gasteiger partial charge in [0.15, 0.2) is 0 Å². The lowest BCUT2D eigenvalue weighted by atomic mass is 9.49. The number of piperazine rings is 2. The number of ether oxygens (including phenoxy) is 2. The molecule has 0 bridgehead atoms. The SMILES string of the molecule is C.[C-]#[N+]c1ccc(OC2C(C)(C)C(NC(=O)c3ccc(CCCCCCN4CCN(c5cc6c(cc5F)CN(C5CCC(=O)NC5=O)C6=O)CC4)nc3)C2(C)C)cc1Cl.[C-]#[N+]c1ccc(OC2C(C)(C)C(NC(=O)c3ccc(CCCCCCN4CCN(c5cc6c(cc5F)CN([C@H]5CCC(=O)NC5=O)C6=O)CC4)nc3)C2(C)C)cc1Cl. The number of carbonyl (C=O) groups excluding carboxylic acids is 8. The highest BCUT2D eigenvalue weighted by molar-refractivity contribution is 6.33. The normalized spacial score (nSPS) is 22.3. The molecule has 0 spiro atoms. The van der Waals surface area contributed by atoms with Crippen LogP contribution in [0.15, 0.2) is 97.3 Å². The first-order chi connectivity index (χ1) is 55.3. The fourth-order valence-corrected chi connectivity index (χ4v) is 19.5. The van der Waals surface area contributed by atoms with E-state index in [1.54, 1.807) is 60.9 Å². The summed E-state index contributed by atoms with van der Waals surface area (Å²) in [5.41, 5.74) is 5.09. The number of amides is 8. The number of aromatic nitrogens is 2. The molecule has 2 aromatic heterocycles. The second-order valence-corrected chi connectivity index (χ2v) is 35.1. The topological polar surface area (TPSA) is 257 Å². The lowest BCUT2D eigenvalue weighted by Crippen LogP contribution is -2.74. The van der Waals surface area contributed by atoms with Gasteiger partial charge in [-0.05, 0) is 148 Å². The van der Waals surface area contributed by atoms with Gasteiger partial charge in [0.25, 0.3) is 23.6 Å². The van der Waals surface area contributed by atoms with Gasteiger partial charge >= 0.3 is 0 Å². The molecular formula is C89H106Cl2F2N14O10. The minimum Gasteiger partial charge on any atom is -0.489 e. The Hall–Kier alpha value is -10.1. The van der Waals surface area contributed by atoms with E-state index in [2.05, 4.69) is 106 Å². The number of fused-ring (bicyclic) bond motifs is 2. The summed E-state index contributed by atoms with van der Waals surface area (Å²) in [6.45, 7) is 39.2. The predicted octanol–water partition coefficient (Wildman–Crippen LogP) is 14.1. The first kappa shape index (κ1) is 86.2. The summed E-state index contributed by atoms with van der Waals surface area (Å²) < 4.78 is 43.3. The van der Waals surface area contributed by atoms with Crippen molar-refractivity contribution in [3.63, 3.8) is 0 Å². The Morgan fingerprint density at radius 3 is 1.21 bits per heavy atom. The van der Waals surface area contributed by atoms with Gasteiger partial charge in [0.2, 0.25) is 35.0 Å². The molecule has 6 aliphatic heterocycles. The van der Waals surface area contributed by atoms with Crippen molar-refractivity contribution in [2.45, 2.75) is 202 Å². The van der Waals surface area contributed by atoms with Gasteiger partial charge in [0.1, 0.15) is 47.4 Å². The summed E-state index contributed by atoms with van der Waals surface area (Å²) in [6.07, 6.45) is 13.9. The summed E-state index contributed by atoms with van der Waals surface area (Å²) in [5, 5.41) is 11.8. The smallest absolute Gasteiger partial charge is 0.255 e. The number of unbranched alkanes of at least 4 members (excludes halogenated alkanes) is 6. The van der Waals surface area contributed by atoms with Crippen LogP contribution in [0.1, 0.15) is 204 Å². The number of rotatable bonds is 26. The quantitative estimate of drug-likeness (QED) is 0.0224. The standard InChI is InChI=1S/2C44H51ClFN7O5.CH4/c2*1-43(2)41(44(3,4)42(43)58-30-13-14-34(47-5)32(45)23-30)50-38(55)27-11-12-29(48-25-27)10-8-6-7-9-17-51-18-20-52(21-19-51)36-24-31-28(22-33(36)46)26-53(40(31)57)35-15-16-37(54)49-39(35)56;/h2*11-14,22-25,35,41-42H,6-10,15-21,26H2,1-4H3,(H,50,55)(H,49,54,56);1H4/t35-,41?,42?;;/m0../s1. The first-order valence-electron chi connectivity index (χ1n) is 40.4. The third kappa shape index (κ3) is 18.6. The molecule has 620 valence electrons. The minimum absolute atomic E-state index is 0. The van der Waals surface area contributed by atoms with Crippen molar-refractivity contribution in [3.05, 3.63) is 187 Å². The predicted molar refractivity (Wildman–Crippen MR) is 444 cm³/mol. The zero-order chi connectivity index (χ0) is 82.7. The number of aryl methyl sites for hydroxylation is 2. The number of carbonyl (C=O) groups is 8. The molecule has 2 saturated carbocycles. The molecule has 0 radical (unpaired) electrons. The molecule has 6 fully saturated rings. The largest absolute Gasteiger partial charge is 0.489 e. The summed E-state index contributed by atoms with van der Waals surface area (Å²) in [5.74, 6) is -2.10. The van der Waals surface area contributed by atoms with Gasteiger partial charge < -0.3 is 39.7 Å². The second kappa shape index (κ2) is 36.0. The van der Waals surface area contributed by atoms with Crippen molar-refractivity contribution in [2.24, 2.45) is 21.7 Å². The number of hydrogen-bond donors (Lipinski definition) is 4. The van der Waals surface area contributed by atoms with Crippen LogP contribution >= 0.6 is 23.2 Å². The Labute approximate surface area is 694 Å². The zero-order valence-electron chi connectivity index (χ0n) is 67.2. The van der Waals surface area contributed by atoms with Crippen molar-refractivity contribution in [2.75, 3.05) is 75.2 Å². The van der Waals surface area contributed by atoms with Gasteiger partial charge in [-0.25, -0.2) is 18.5 Å². The molecule has 4 saturated heterocycles. The van der Waals surface area contributed by atoms with Crippen molar-refractivity contribution in [1.29, 1.82) is 0 Å². The summed E-state index contributed by atoms with van der Waals surface area (Å²) in [7, 11) is 0.